The topological polar surface area (TPSA) is 46.6 Å². The van der Waals surface area contributed by atoms with Crippen LogP contribution in [0.5, 0.6) is 0 Å². The van der Waals surface area contributed by atoms with Gasteiger partial charge in [-0.05, 0) is 71.4 Å². The molecule has 0 spiro atoms. The molecule has 0 aliphatic carbocycles. The summed E-state index contributed by atoms with van der Waals surface area (Å²) in [7, 11) is 2.23. The molecule has 0 radical (unpaired) electrons. The molecule has 2 saturated heterocycles. The highest BCUT2D eigenvalue weighted by Gasteiger charge is 2.39. The van der Waals surface area contributed by atoms with Gasteiger partial charge < -0.3 is 9.64 Å². The molecule has 2 aliphatic rings. The molecule has 4 nitrogen and oxygen atoms in total. The smallest absolute Gasteiger partial charge is 0.306 e. The van der Waals surface area contributed by atoms with Crippen molar-refractivity contribution in [2.75, 3.05) is 7.05 Å². The van der Waals surface area contributed by atoms with Crippen molar-refractivity contribution in [2.45, 2.75) is 89.3 Å². The number of ketones is 1. The molecule has 3 rings (SSSR count). The number of carbonyl (C=O) groups is 2. The zero-order valence-corrected chi connectivity index (χ0v) is 17.8. The lowest BCUT2D eigenvalue weighted by atomic mass is 9.81. The highest BCUT2D eigenvalue weighted by Crippen LogP contribution is 2.40. The second-order valence-corrected chi connectivity index (χ2v) is 9.65. The Kier molecular flexibility index (Phi) is 6.59. The van der Waals surface area contributed by atoms with Gasteiger partial charge >= 0.3 is 5.97 Å². The molecule has 2 heterocycles. The number of hydrogen-bond donors (Lipinski definition) is 0. The van der Waals surface area contributed by atoms with E-state index in [0.29, 0.717) is 30.8 Å². The maximum atomic E-state index is 13.3. The Morgan fingerprint density at radius 1 is 1.11 bits per heavy atom. The fourth-order valence-corrected chi connectivity index (χ4v) is 4.97. The third-order valence-electron chi connectivity index (χ3n) is 6.33. The van der Waals surface area contributed by atoms with Gasteiger partial charge in [0, 0.05) is 30.8 Å². The number of piperidine rings is 1. The molecule has 154 valence electrons. The second kappa shape index (κ2) is 8.77. The average Bonchev–Trinajstić information content (AvgIpc) is 2.82. The molecule has 2 bridgehead atoms. The van der Waals surface area contributed by atoms with Crippen molar-refractivity contribution in [1.82, 2.24) is 4.90 Å². The van der Waals surface area contributed by atoms with Crippen molar-refractivity contribution in [3.05, 3.63) is 35.9 Å². The van der Waals surface area contributed by atoms with Crippen LogP contribution >= 0.6 is 0 Å². The lowest BCUT2D eigenvalue weighted by molar-refractivity contribution is -0.155. The first-order chi connectivity index (χ1) is 13.2. The molecule has 2 aliphatic heterocycles. The molecule has 0 N–H and O–H groups in total. The summed E-state index contributed by atoms with van der Waals surface area (Å²) in [5, 5.41) is 0. The third-order valence-corrected chi connectivity index (χ3v) is 6.33. The predicted molar refractivity (Wildman–Crippen MR) is 111 cm³/mol. The minimum Gasteiger partial charge on any atom is -0.460 e. The van der Waals surface area contributed by atoms with E-state index < -0.39 is 5.60 Å². The monoisotopic (exact) mass is 385 g/mol. The number of carbonyl (C=O) groups excluding carboxylic acids is 2. The van der Waals surface area contributed by atoms with E-state index in [-0.39, 0.29) is 24.1 Å². The number of benzene rings is 1. The lowest BCUT2D eigenvalue weighted by Crippen LogP contribution is -2.40. The van der Waals surface area contributed by atoms with Crippen molar-refractivity contribution in [1.29, 1.82) is 0 Å². The van der Waals surface area contributed by atoms with Gasteiger partial charge in [0.05, 0.1) is 0 Å². The van der Waals surface area contributed by atoms with Gasteiger partial charge in [0.25, 0.3) is 0 Å². The lowest BCUT2D eigenvalue weighted by Gasteiger charge is -2.36. The van der Waals surface area contributed by atoms with Gasteiger partial charge in [-0.15, -0.1) is 0 Å². The minimum atomic E-state index is -0.489. The van der Waals surface area contributed by atoms with Crippen molar-refractivity contribution in [2.24, 2.45) is 5.92 Å². The summed E-state index contributed by atoms with van der Waals surface area (Å²) in [6.45, 7) is 5.62. The number of ether oxygens (including phenoxy) is 1. The van der Waals surface area contributed by atoms with Gasteiger partial charge in [-0.3, -0.25) is 9.59 Å². The maximum absolute atomic E-state index is 13.3. The van der Waals surface area contributed by atoms with E-state index in [9.17, 15) is 9.59 Å². The second-order valence-electron chi connectivity index (χ2n) is 9.65. The Balaban J connectivity index is 1.63. The summed E-state index contributed by atoms with van der Waals surface area (Å²) in [6, 6.07) is 11.2. The number of rotatable bonds is 7. The van der Waals surface area contributed by atoms with E-state index in [1.54, 1.807) is 0 Å². The molecule has 1 aromatic carbocycles. The largest absolute Gasteiger partial charge is 0.460 e. The highest BCUT2D eigenvalue weighted by molar-refractivity contribution is 5.86. The Labute approximate surface area is 169 Å². The van der Waals surface area contributed by atoms with Gasteiger partial charge in [-0.25, -0.2) is 0 Å². The summed E-state index contributed by atoms with van der Waals surface area (Å²) >= 11 is 0. The van der Waals surface area contributed by atoms with Crippen LogP contribution < -0.4 is 0 Å². The van der Waals surface area contributed by atoms with Crippen molar-refractivity contribution >= 4 is 11.8 Å². The van der Waals surface area contributed by atoms with Crippen LogP contribution in [0.2, 0.25) is 0 Å². The minimum absolute atomic E-state index is 0.217. The van der Waals surface area contributed by atoms with Crippen LogP contribution in [0.3, 0.4) is 0 Å². The molecule has 0 saturated carbocycles. The fraction of sp³-hybridized carbons (Fsp3) is 0.667. The van der Waals surface area contributed by atoms with E-state index in [1.165, 1.54) is 12.8 Å². The maximum Gasteiger partial charge on any atom is 0.306 e. The van der Waals surface area contributed by atoms with E-state index >= 15 is 0 Å². The van der Waals surface area contributed by atoms with Gasteiger partial charge in [0.1, 0.15) is 11.4 Å². The van der Waals surface area contributed by atoms with Crippen LogP contribution in [-0.2, 0) is 14.3 Å². The first-order valence-electron chi connectivity index (χ1n) is 10.7. The molecular formula is C24H35NO3. The normalized spacial score (nSPS) is 26.1. The zero-order chi connectivity index (χ0) is 20.3. The summed E-state index contributed by atoms with van der Waals surface area (Å²) in [5.74, 6) is 0.322. The Hall–Kier alpha value is -1.68. The zero-order valence-electron chi connectivity index (χ0n) is 17.8. The van der Waals surface area contributed by atoms with Crippen LogP contribution in [-0.4, -0.2) is 41.4 Å². The standard InChI is InChI=1S/C24H35NO3/c1-24(2,3)28-23(27)13-12-21(18-8-6-5-7-9-18)22(26)16-17-14-19-10-11-20(15-17)25(19)4/h5-9,17,19-21H,10-16H2,1-4H3/t17?,19-,20+,21?. The van der Waals surface area contributed by atoms with Crippen LogP contribution in [0.15, 0.2) is 30.3 Å². The Morgan fingerprint density at radius 3 is 2.29 bits per heavy atom. The summed E-state index contributed by atoms with van der Waals surface area (Å²) in [5.41, 5.74) is 0.531. The summed E-state index contributed by atoms with van der Waals surface area (Å²) < 4.78 is 5.45. The first-order valence-corrected chi connectivity index (χ1v) is 10.7. The van der Waals surface area contributed by atoms with Gasteiger partial charge in [-0.1, -0.05) is 30.3 Å². The van der Waals surface area contributed by atoms with E-state index in [1.807, 2.05) is 51.1 Å². The van der Waals surface area contributed by atoms with Crippen molar-refractivity contribution in [3.8, 4) is 0 Å². The molecule has 0 aromatic heterocycles. The SMILES string of the molecule is CN1[C@@H]2CC[C@H]1CC(CC(=O)C(CCC(=O)OC(C)(C)C)c1ccccc1)C2. The molecule has 2 fully saturated rings. The van der Waals surface area contributed by atoms with Crippen LogP contribution in [0.25, 0.3) is 0 Å². The molecule has 28 heavy (non-hydrogen) atoms. The quantitative estimate of drug-likeness (QED) is 0.637. The van der Waals surface area contributed by atoms with E-state index in [2.05, 4.69) is 11.9 Å². The van der Waals surface area contributed by atoms with Crippen molar-refractivity contribution < 1.29 is 14.3 Å². The molecule has 2 unspecified atom stereocenters. The van der Waals surface area contributed by atoms with Crippen molar-refractivity contribution in [3.63, 3.8) is 0 Å². The molecule has 4 heteroatoms. The number of fused-ring (bicyclic) bond motifs is 2. The number of Topliss-reactive ketones (excluding diaryl/α,β-unsaturated/α-hetero) is 1. The van der Waals surface area contributed by atoms with Crippen LogP contribution in [0.1, 0.15) is 77.2 Å². The van der Waals surface area contributed by atoms with E-state index in [0.717, 1.165) is 18.4 Å². The molecule has 0 amide bonds. The highest BCUT2D eigenvalue weighted by atomic mass is 16.6. The Morgan fingerprint density at radius 2 is 1.71 bits per heavy atom. The Bertz CT molecular complexity index is 665. The molecule has 4 atom stereocenters. The molecule has 1 aromatic rings. The molecular weight excluding hydrogens is 350 g/mol. The van der Waals surface area contributed by atoms with E-state index in [4.69, 9.17) is 4.74 Å². The van der Waals surface area contributed by atoms with Gasteiger partial charge in [-0.2, -0.15) is 0 Å². The van der Waals surface area contributed by atoms with Gasteiger partial charge in [0.15, 0.2) is 0 Å². The number of nitrogens with zero attached hydrogens (tertiary/aromatic N) is 1. The predicted octanol–water partition coefficient (Wildman–Crippen LogP) is 4.72. The number of esters is 1. The number of hydrogen-bond acceptors (Lipinski definition) is 4. The fourth-order valence-electron chi connectivity index (χ4n) is 4.97. The summed E-state index contributed by atoms with van der Waals surface area (Å²) in [6.07, 6.45) is 6.24. The van der Waals surface area contributed by atoms with Gasteiger partial charge in [0.2, 0.25) is 0 Å². The third kappa shape index (κ3) is 5.44. The van der Waals surface area contributed by atoms with Crippen LogP contribution in [0, 0.1) is 5.92 Å². The van der Waals surface area contributed by atoms with Crippen LogP contribution in [0.4, 0.5) is 0 Å². The average molecular weight is 386 g/mol. The summed E-state index contributed by atoms with van der Waals surface area (Å²) in [4.78, 5) is 28.0. The first kappa shape index (κ1) is 21.0.